The summed E-state index contributed by atoms with van der Waals surface area (Å²) < 4.78 is 47.9. The van der Waals surface area contributed by atoms with Crippen LogP contribution >= 0.6 is 0 Å². The first kappa shape index (κ1) is 32.9. The molecule has 3 rings (SSSR count). The molecule has 0 fully saturated rings. The number of anilines is 1. The van der Waals surface area contributed by atoms with E-state index >= 15 is 4.39 Å². The molecule has 1 heterocycles. The third kappa shape index (κ3) is 8.84. The third-order valence-electron chi connectivity index (χ3n) is 5.48. The number of amidine groups is 1. The number of halogens is 3. The van der Waals surface area contributed by atoms with Gasteiger partial charge in [0, 0.05) is 36.0 Å². The van der Waals surface area contributed by atoms with E-state index in [9.17, 15) is 23.2 Å². The standard InChI is InChI=1S/C24H25FN6O4.C3H4F2O2/c1-13-5-4-10-28-20(13)23(32)30-31-24(33)21(29-15-8-6-14(7-9-15)22(26)27)16-11-18(34-2)19(35-3)12-17(16)25;1-3(4,5)2(6)7/h4-12,21,29H,1-3H3,(H3,26,27)(H,30,32)(H,31,33);1H3,(H,6,7). The Morgan fingerprint density at radius 1 is 1.05 bits per heavy atom. The fourth-order valence-corrected chi connectivity index (χ4v) is 3.26. The van der Waals surface area contributed by atoms with Crippen LogP contribution in [0.4, 0.5) is 18.9 Å². The largest absolute Gasteiger partial charge is 0.493 e. The van der Waals surface area contributed by atoms with E-state index in [-0.39, 0.29) is 28.6 Å². The Labute approximate surface area is 238 Å². The summed E-state index contributed by atoms with van der Waals surface area (Å²) in [5.74, 6) is -7.55. The molecule has 1 atom stereocenters. The molecule has 224 valence electrons. The zero-order valence-corrected chi connectivity index (χ0v) is 22.9. The number of aromatic nitrogens is 1. The fourth-order valence-electron chi connectivity index (χ4n) is 3.26. The van der Waals surface area contributed by atoms with Gasteiger partial charge in [-0.25, -0.2) is 9.18 Å². The highest BCUT2D eigenvalue weighted by molar-refractivity contribution is 5.96. The van der Waals surface area contributed by atoms with Crippen molar-refractivity contribution in [3.63, 3.8) is 0 Å². The number of hydrogen-bond donors (Lipinski definition) is 6. The van der Waals surface area contributed by atoms with Crippen LogP contribution in [0, 0.1) is 18.2 Å². The topological polar surface area (TPSA) is 189 Å². The summed E-state index contributed by atoms with van der Waals surface area (Å²) in [5.41, 5.74) is 11.7. The van der Waals surface area contributed by atoms with E-state index in [0.29, 0.717) is 23.7 Å². The second kappa shape index (κ2) is 14.3. The molecule has 2 amide bonds. The maximum Gasteiger partial charge on any atom is 0.374 e. The van der Waals surface area contributed by atoms with Crippen molar-refractivity contribution in [3.8, 4) is 11.5 Å². The van der Waals surface area contributed by atoms with Crippen LogP contribution < -0.4 is 31.4 Å². The Bertz CT molecular complexity index is 1450. The molecule has 0 aliphatic rings. The summed E-state index contributed by atoms with van der Waals surface area (Å²) >= 11 is 0. The quantitative estimate of drug-likeness (QED) is 0.124. The van der Waals surface area contributed by atoms with Gasteiger partial charge in [-0.3, -0.25) is 30.8 Å². The molecular formula is C27H29F3N6O6. The molecule has 3 aromatic rings. The molecule has 2 aromatic carbocycles. The van der Waals surface area contributed by atoms with Crippen molar-refractivity contribution < 1.29 is 42.1 Å². The predicted molar refractivity (Wildman–Crippen MR) is 146 cm³/mol. The smallest absolute Gasteiger partial charge is 0.374 e. The number of carbonyl (C=O) groups is 3. The second-order valence-electron chi connectivity index (χ2n) is 8.60. The van der Waals surface area contributed by atoms with Gasteiger partial charge >= 0.3 is 11.9 Å². The van der Waals surface area contributed by atoms with Crippen LogP contribution in [0.5, 0.6) is 11.5 Å². The lowest BCUT2D eigenvalue weighted by atomic mass is 10.0. The number of benzene rings is 2. The van der Waals surface area contributed by atoms with Crippen LogP contribution in [0.3, 0.4) is 0 Å². The molecule has 0 spiro atoms. The number of rotatable bonds is 9. The van der Waals surface area contributed by atoms with E-state index in [4.69, 9.17) is 25.7 Å². The molecule has 1 aromatic heterocycles. The zero-order valence-electron chi connectivity index (χ0n) is 22.9. The maximum absolute atomic E-state index is 15.1. The SMILES string of the molecule is CC(F)(F)C(=O)O.COc1cc(F)c(C(Nc2ccc(C(=N)N)cc2)C(=O)NNC(=O)c2ncccc2C)cc1OC. The van der Waals surface area contributed by atoms with E-state index in [1.54, 1.807) is 43.3 Å². The summed E-state index contributed by atoms with van der Waals surface area (Å²) in [6.45, 7) is 2.03. The van der Waals surface area contributed by atoms with Gasteiger partial charge in [-0.2, -0.15) is 8.78 Å². The maximum atomic E-state index is 15.1. The number of nitrogens with one attached hydrogen (secondary N) is 4. The van der Waals surface area contributed by atoms with Crippen molar-refractivity contribution in [2.24, 2.45) is 5.73 Å². The molecule has 7 N–H and O–H groups in total. The highest BCUT2D eigenvalue weighted by Crippen LogP contribution is 2.34. The molecule has 0 aliphatic heterocycles. The average Bonchev–Trinajstić information content (AvgIpc) is 2.94. The van der Waals surface area contributed by atoms with Crippen molar-refractivity contribution in [2.45, 2.75) is 25.8 Å². The van der Waals surface area contributed by atoms with E-state index in [1.807, 2.05) is 0 Å². The van der Waals surface area contributed by atoms with E-state index < -0.39 is 35.6 Å². The lowest BCUT2D eigenvalue weighted by molar-refractivity contribution is -0.161. The van der Waals surface area contributed by atoms with E-state index in [0.717, 1.165) is 6.07 Å². The van der Waals surface area contributed by atoms with Crippen LogP contribution in [0.15, 0.2) is 54.7 Å². The number of carbonyl (C=O) groups excluding carboxylic acids is 2. The van der Waals surface area contributed by atoms with Crippen molar-refractivity contribution in [2.75, 3.05) is 19.5 Å². The number of aryl methyl sites for hydroxylation is 1. The molecule has 0 aliphatic carbocycles. The second-order valence-corrected chi connectivity index (χ2v) is 8.60. The number of alkyl halides is 2. The van der Waals surface area contributed by atoms with Gasteiger partial charge in [0.25, 0.3) is 11.8 Å². The number of ether oxygens (including phenoxy) is 2. The summed E-state index contributed by atoms with van der Waals surface area (Å²) in [6.07, 6.45) is 1.46. The Morgan fingerprint density at radius 3 is 2.12 bits per heavy atom. The number of carboxylic acid groups (broad SMARTS) is 1. The molecule has 15 heteroatoms. The monoisotopic (exact) mass is 590 g/mol. The zero-order chi connectivity index (χ0) is 31.6. The minimum absolute atomic E-state index is 0.0564. The fraction of sp³-hybridized carbons (Fsp3) is 0.222. The van der Waals surface area contributed by atoms with Crippen molar-refractivity contribution in [1.29, 1.82) is 5.41 Å². The lowest BCUT2D eigenvalue weighted by Gasteiger charge is -2.22. The van der Waals surface area contributed by atoms with Gasteiger partial charge in [0.05, 0.1) is 14.2 Å². The molecule has 1 unspecified atom stereocenters. The summed E-state index contributed by atoms with van der Waals surface area (Å²) in [6, 6.07) is 10.9. The summed E-state index contributed by atoms with van der Waals surface area (Å²) in [5, 5.41) is 18.0. The molecule has 42 heavy (non-hydrogen) atoms. The van der Waals surface area contributed by atoms with Gasteiger partial charge in [-0.05, 0) is 48.9 Å². The Kier molecular flexibility index (Phi) is 11.2. The molecule has 0 radical (unpaired) electrons. The van der Waals surface area contributed by atoms with E-state index in [2.05, 4.69) is 21.2 Å². The Morgan fingerprint density at radius 2 is 1.62 bits per heavy atom. The molecule has 0 saturated carbocycles. The Hall–Kier alpha value is -5.34. The summed E-state index contributed by atoms with van der Waals surface area (Å²) in [7, 11) is 2.75. The first-order valence-corrected chi connectivity index (χ1v) is 11.9. The van der Waals surface area contributed by atoms with Crippen LogP contribution in [0.2, 0.25) is 0 Å². The van der Waals surface area contributed by atoms with Gasteiger partial charge in [0.15, 0.2) is 11.5 Å². The number of nitrogen functional groups attached to an aromatic ring is 1. The third-order valence-corrected chi connectivity index (χ3v) is 5.48. The van der Waals surface area contributed by atoms with Gasteiger partial charge < -0.3 is 25.6 Å². The van der Waals surface area contributed by atoms with Crippen LogP contribution in [0.1, 0.15) is 40.1 Å². The first-order chi connectivity index (χ1) is 19.7. The molecular weight excluding hydrogens is 561 g/mol. The normalized spacial score (nSPS) is 11.2. The van der Waals surface area contributed by atoms with Crippen LogP contribution in [-0.2, 0) is 9.59 Å². The van der Waals surface area contributed by atoms with Crippen LogP contribution in [-0.4, -0.2) is 53.9 Å². The number of carboxylic acids is 1. The van der Waals surface area contributed by atoms with Gasteiger partial charge in [0.1, 0.15) is 23.4 Å². The number of amides is 2. The van der Waals surface area contributed by atoms with Crippen molar-refractivity contribution >= 4 is 29.3 Å². The molecule has 0 saturated heterocycles. The van der Waals surface area contributed by atoms with Crippen LogP contribution in [0.25, 0.3) is 0 Å². The molecule has 12 nitrogen and oxygen atoms in total. The van der Waals surface area contributed by atoms with E-state index in [1.165, 1.54) is 26.5 Å². The van der Waals surface area contributed by atoms with Crippen molar-refractivity contribution in [3.05, 3.63) is 82.9 Å². The number of methoxy groups -OCH3 is 2. The average molecular weight is 591 g/mol. The van der Waals surface area contributed by atoms with Gasteiger partial charge in [-0.1, -0.05) is 6.07 Å². The highest BCUT2D eigenvalue weighted by atomic mass is 19.3. The molecule has 0 bridgehead atoms. The van der Waals surface area contributed by atoms with Gasteiger partial charge in [-0.15, -0.1) is 0 Å². The number of hydrazine groups is 1. The predicted octanol–water partition coefficient (Wildman–Crippen LogP) is 3.17. The minimum atomic E-state index is -3.58. The van der Waals surface area contributed by atoms with Crippen molar-refractivity contribution in [1.82, 2.24) is 15.8 Å². The summed E-state index contributed by atoms with van der Waals surface area (Å²) in [4.78, 5) is 38.9. The number of nitrogens with zero attached hydrogens (tertiary/aromatic N) is 1. The highest BCUT2D eigenvalue weighted by Gasteiger charge is 2.31. The number of aliphatic carboxylic acids is 1. The minimum Gasteiger partial charge on any atom is -0.493 e. The number of hydrogen-bond acceptors (Lipinski definition) is 8. The first-order valence-electron chi connectivity index (χ1n) is 11.9. The van der Waals surface area contributed by atoms with Gasteiger partial charge in [0.2, 0.25) is 0 Å². The number of nitrogens with two attached hydrogens (primary N) is 1. The Balaban J connectivity index is 0.000000782. The number of pyridine rings is 1. The lowest BCUT2D eigenvalue weighted by Crippen LogP contribution is -2.46.